The molecule has 1 saturated carbocycles. The van der Waals surface area contributed by atoms with Crippen molar-refractivity contribution in [1.82, 2.24) is 4.98 Å². The Bertz CT molecular complexity index is 544. The summed E-state index contributed by atoms with van der Waals surface area (Å²) in [7, 11) is 1.70. The molecule has 3 nitrogen and oxygen atoms in total. The highest BCUT2D eigenvalue weighted by atomic mass is 32.1. The maximum Gasteiger partial charge on any atom is 0.184 e. The summed E-state index contributed by atoms with van der Waals surface area (Å²) in [6.07, 6.45) is 8.01. The summed E-state index contributed by atoms with van der Waals surface area (Å²) in [5.41, 5.74) is 1.06. The largest absolute Gasteiger partial charge is 0.497 e. The zero-order valence-electron chi connectivity index (χ0n) is 11.3. The fraction of sp³-hybridized carbons (Fsp3) is 0.533. The number of nitrogens with one attached hydrogen (secondary N) is 1. The van der Waals surface area contributed by atoms with Crippen LogP contribution in [0.5, 0.6) is 5.75 Å². The van der Waals surface area contributed by atoms with Crippen LogP contribution in [-0.4, -0.2) is 18.1 Å². The number of ether oxygens (including phenoxy) is 1. The molecule has 0 saturated heterocycles. The normalized spacial score (nSPS) is 17.3. The third-order valence-electron chi connectivity index (χ3n) is 3.78. The summed E-state index contributed by atoms with van der Waals surface area (Å²) < 4.78 is 6.45. The lowest BCUT2D eigenvalue weighted by Crippen LogP contribution is -2.17. The lowest BCUT2D eigenvalue weighted by Gasteiger charge is -2.14. The molecule has 1 aromatic heterocycles. The van der Waals surface area contributed by atoms with E-state index in [0.29, 0.717) is 6.04 Å². The molecule has 2 aromatic rings. The molecule has 4 heteroatoms. The summed E-state index contributed by atoms with van der Waals surface area (Å²) in [4.78, 5) is 4.66. The van der Waals surface area contributed by atoms with Crippen molar-refractivity contribution in [2.75, 3.05) is 12.4 Å². The van der Waals surface area contributed by atoms with E-state index in [2.05, 4.69) is 16.4 Å². The molecule has 1 fully saturated rings. The molecule has 0 atom stereocenters. The SMILES string of the molecule is COc1ccc2nc(NC3CCCCCC3)sc2c1. The fourth-order valence-electron chi connectivity index (χ4n) is 2.69. The Labute approximate surface area is 118 Å². The van der Waals surface area contributed by atoms with Crippen molar-refractivity contribution in [3.05, 3.63) is 18.2 Å². The molecular weight excluding hydrogens is 256 g/mol. The van der Waals surface area contributed by atoms with Crippen LogP contribution in [0, 0.1) is 0 Å². The number of hydrogen-bond acceptors (Lipinski definition) is 4. The second-order valence-electron chi connectivity index (χ2n) is 5.19. The second kappa shape index (κ2) is 5.78. The number of nitrogens with zero attached hydrogens (tertiary/aromatic N) is 1. The highest BCUT2D eigenvalue weighted by Gasteiger charge is 2.14. The van der Waals surface area contributed by atoms with Gasteiger partial charge >= 0.3 is 0 Å². The first-order chi connectivity index (χ1) is 9.35. The minimum Gasteiger partial charge on any atom is -0.497 e. The molecule has 0 spiro atoms. The molecule has 1 N–H and O–H groups in total. The van der Waals surface area contributed by atoms with E-state index in [9.17, 15) is 0 Å². The van der Waals surface area contributed by atoms with E-state index in [1.807, 2.05) is 12.1 Å². The number of methoxy groups -OCH3 is 1. The van der Waals surface area contributed by atoms with Gasteiger partial charge < -0.3 is 10.1 Å². The van der Waals surface area contributed by atoms with Gasteiger partial charge in [0.15, 0.2) is 5.13 Å². The Morgan fingerprint density at radius 3 is 2.74 bits per heavy atom. The summed E-state index contributed by atoms with van der Waals surface area (Å²) in [5.74, 6) is 0.900. The van der Waals surface area contributed by atoms with Crippen molar-refractivity contribution >= 4 is 26.7 Å². The molecule has 1 heterocycles. The van der Waals surface area contributed by atoms with Crippen LogP contribution in [0.15, 0.2) is 18.2 Å². The zero-order chi connectivity index (χ0) is 13.1. The van der Waals surface area contributed by atoms with E-state index in [1.165, 1.54) is 43.2 Å². The molecule has 1 aliphatic rings. The Morgan fingerprint density at radius 2 is 2.00 bits per heavy atom. The first kappa shape index (κ1) is 12.7. The van der Waals surface area contributed by atoms with Gasteiger partial charge in [0.05, 0.1) is 17.3 Å². The Hall–Kier alpha value is -1.29. The lowest BCUT2D eigenvalue weighted by atomic mass is 10.1. The predicted molar refractivity (Wildman–Crippen MR) is 81.3 cm³/mol. The number of hydrogen-bond donors (Lipinski definition) is 1. The highest BCUT2D eigenvalue weighted by Crippen LogP contribution is 2.30. The van der Waals surface area contributed by atoms with E-state index in [0.717, 1.165) is 16.4 Å². The average Bonchev–Trinajstić information content (AvgIpc) is 2.64. The van der Waals surface area contributed by atoms with Crippen LogP contribution in [0.3, 0.4) is 0 Å². The van der Waals surface area contributed by atoms with E-state index < -0.39 is 0 Å². The third-order valence-corrected chi connectivity index (χ3v) is 4.73. The smallest absolute Gasteiger partial charge is 0.184 e. The molecule has 1 aliphatic carbocycles. The molecule has 1 aromatic carbocycles. The molecule has 0 amide bonds. The van der Waals surface area contributed by atoms with Gasteiger partial charge in [-0.05, 0) is 31.0 Å². The molecule has 0 radical (unpaired) electrons. The molecule has 0 unspecified atom stereocenters. The number of aromatic nitrogens is 1. The van der Waals surface area contributed by atoms with Gasteiger partial charge in [-0.2, -0.15) is 0 Å². The van der Waals surface area contributed by atoms with Crippen molar-refractivity contribution in [3.63, 3.8) is 0 Å². The predicted octanol–water partition coefficient (Wildman–Crippen LogP) is 4.44. The van der Waals surface area contributed by atoms with Gasteiger partial charge in [-0.1, -0.05) is 37.0 Å². The molecule has 0 bridgehead atoms. The molecule has 3 rings (SSSR count). The Balaban J connectivity index is 1.76. The lowest BCUT2D eigenvalue weighted by molar-refractivity contribution is 0.415. The summed E-state index contributed by atoms with van der Waals surface area (Å²) in [5, 5.41) is 4.67. The highest BCUT2D eigenvalue weighted by molar-refractivity contribution is 7.22. The van der Waals surface area contributed by atoms with Gasteiger partial charge in [0.2, 0.25) is 0 Å². The van der Waals surface area contributed by atoms with Gasteiger partial charge in [-0.25, -0.2) is 4.98 Å². The van der Waals surface area contributed by atoms with Crippen LogP contribution in [0.2, 0.25) is 0 Å². The monoisotopic (exact) mass is 276 g/mol. The minimum atomic E-state index is 0.602. The molecule has 102 valence electrons. The van der Waals surface area contributed by atoms with Crippen molar-refractivity contribution < 1.29 is 4.74 Å². The van der Waals surface area contributed by atoms with Crippen molar-refractivity contribution in [2.45, 2.75) is 44.6 Å². The quantitative estimate of drug-likeness (QED) is 0.842. The number of benzene rings is 1. The van der Waals surface area contributed by atoms with E-state index >= 15 is 0 Å². The Kier molecular flexibility index (Phi) is 3.87. The van der Waals surface area contributed by atoms with Gasteiger partial charge in [0.25, 0.3) is 0 Å². The van der Waals surface area contributed by atoms with Gasteiger partial charge in [-0.15, -0.1) is 0 Å². The first-order valence-electron chi connectivity index (χ1n) is 7.06. The molecular formula is C15H20N2OS. The van der Waals surface area contributed by atoms with Crippen LogP contribution in [-0.2, 0) is 0 Å². The maximum atomic E-state index is 5.26. The van der Waals surface area contributed by atoms with Crippen LogP contribution in [0.1, 0.15) is 38.5 Å². The van der Waals surface area contributed by atoms with E-state index in [1.54, 1.807) is 18.4 Å². The number of thiazole rings is 1. The maximum absolute atomic E-state index is 5.26. The average molecular weight is 276 g/mol. The molecule has 0 aliphatic heterocycles. The standard InChI is InChI=1S/C15H20N2OS/c1-18-12-8-9-13-14(10-12)19-15(17-13)16-11-6-4-2-3-5-7-11/h8-11H,2-7H2,1H3,(H,16,17). The van der Waals surface area contributed by atoms with Gasteiger partial charge in [-0.3, -0.25) is 0 Å². The van der Waals surface area contributed by atoms with Crippen molar-refractivity contribution in [1.29, 1.82) is 0 Å². The van der Waals surface area contributed by atoms with Crippen LogP contribution in [0.25, 0.3) is 10.2 Å². The topological polar surface area (TPSA) is 34.1 Å². The van der Waals surface area contributed by atoms with Crippen LogP contribution >= 0.6 is 11.3 Å². The first-order valence-corrected chi connectivity index (χ1v) is 7.88. The zero-order valence-corrected chi connectivity index (χ0v) is 12.1. The van der Waals surface area contributed by atoms with Gasteiger partial charge in [0, 0.05) is 6.04 Å². The molecule has 19 heavy (non-hydrogen) atoms. The van der Waals surface area contributed by atoms with Crippen molar-refractivity contribution in [2.24, 2.45) is 0 Å². The van der Waals surface area contributed by atoms with E-state index in [4.69, 9.17) is 4.74 Å². The van der Waals surface area contributed by atoms with Crippen LogP contribution < -0.4 is 10.1 Å². The number of rotatable bonds is 3. The number of anilines is 1. The third kappa shape index (κ3) is 3.00. The summed E-state index contributed by atoms with van der Waals surface area (Å²) in [6, 6.07) is 6.66. The second-order valence-corrected chi connectivity index (χ2v) is 6.22. The van der Waals surface area contributed by atoms with E-state index in [-0.39, 0.29) is 0 Å². The number of fused-ring (bicyclic) bond motifs is 1. The van der Waals surface area contributed by atoms with Crippen molar-refractivity contribution in [3.8, 4) is 5.75 Å². The fourth-order valence-corrected chi connectivity index (χ4v) is 3.66. The minimum absolute atomic E-state index is 0.602. The van der Waals surface area contributed by atoms with Gasteiger partial charge in [0.1, 0.15) is 5.75 Å². The van der Waals surface area contributed by atoms with Crippen LogP contribution in [0.4, 0.5) is 5.13 Å². The Morgan fingerprint density at radius 1 is 1.21 bits per heavy atom. The summed E-state index contributed by atoms with van der Waals surface area (Å²) >= 11 is 1.73. The summed E-state index contributed by atoms with van der Waals surface area (Å²) in [6.45, 7) is 0.